The highest BCUT2D eigenvalue weighted by Gasteiger charge is 2.20. The molecular weight excluding hydrogens is 380 g/mol. The van der Waals surface area contributed by atoms with Crippen LogP contribution in [-0.2, 0) is 4.79 Å². The van der Waals surface area contributed by atoms with Crippen LogP contribution in [0.1, 0.15) is 19.3 Å². The predicted octanol–water partition coefficient (Wildman–Crippen LogP) is 4.62. The van der Waals surface area contributed by atoms with Crippen molar-refractivity contribution < 1.29 is 9.53 Å². The van der Waals surface area contributed by atoms with Crippen molar-refractivity contribution >= 4 is 35.0 Å². The molecule has 1 saturated heterocycles. The van der Waals surface area contributed by atoms with Crippen LogP contribution in [0.3, 0.4) is 0 Å². The number of carbonyl (C=O) groups is 1. The molecule has 27 heavy (non-hydrogen) atoms. The number of halogens is 1. The summed E-state index contributed by atoms with van der Waals surface area (Å²) in [5, 5.41) is 3.92. The van der Waals surface area contributed by atoms with Gasteiger partial charge in [0.25, 0.3) is 0 Å². The first-order chi connectivity index (χ1) is 13.1. The Hall–Kier alpha value is -1.85. The smallest absolute Gasteiger partial charge is 0.221 e. The summed E-state index contributed by atoms with van der Waals surface area (Å²) in [6.45, 7) is 1.91. The molecule has 0 atom stereocenters. The largest absolute Gasteiger partial charge is 0.497 e. The number of anilines is 1. The number of nitrogens with one attached hydrogen (secondary N) is 1. The normalized spacial score (nSPS) is 14.8. The molecule has 0 saturated carbocycles. The third kappa shape index (κ3) is 6.08. The summed E-state index contributed by atoms with van der Waals surface area (Å²) in [5.74, 6) is 1.79. The lowest BCUT2D eigenvalue weighted by molar-refractivity contribution is -0.121. The molecule has 2 aromatic rings. The Labute approximate surface area is 170 Å². The van der Waals surface area contributed by atoms with E-state index in [1.165, 1.54) is 5.69 Å². The number of carbonyl (C=O) groups excluding carboxylic acids is 1. The molecular formula is C21H25ClN2O2S. The minimum Gasteiger partial charge on any atom is -0.497 e. The Kier molecular flexibility index (Phi) is 7.30. The van der Waals surface area contributed by atoms with E-state index in [1.54, 1.807) is 18.9 Å². The van der Waals surface area contributed by atoms with Crippen molar-refractivity contribution in [2.24, 2.45) is 0 Å². The first-order valence-electron chi connectivity index (χ1n) is 9.21. The van der Waals surface area contributed by atoms with Crippen molar-refractivity contribution in [2.45, 2.75) is 30.2 Å². The molecule has 2 aromatic carbocycles. The fourth-order valence-electron chi connectivity index (χ4n) is 3.17. The second-order valence-corrected chi connectivity index (χ2v) is 8.18. The third-order valence-electron chi connectivity index (χ3n) is 4.71. The topological polar surface area (TPSA) is 41.6 Å². The molecule has 0 radical (unpaired) electrons. The molecule has 6 heteroatoms. The van der Waals surface area contributed by atoms with Gasteiger partial charge in [-0.15, -0.1) is 11.8 Å². The van der Waals surface area contributed by atoms with Gasteiger partial charge < -0.3 is 15.0 Å². The van der Waals surface area contributed by atoms with E-state index in [0.29, 0.717) is 6.42 Å². The van der Waals surface area contributed by atoms with Crippen molar-refractivity contribution in [3.05, 3.63) is 53.6 Å². The van der Waals surface area contributed by atoms with Crippen LogP contribution in [0.4, 0.5) is 5.69 Å². The van der Waals surface area contributed by atoms with E-state index < -0.39 is 0 Å². The van der Waals surface area contributed by atoms with Gasteiger partial charge in [0.15, 0.2) is 0 Å². The Bertz CT molecular complexity index is 729. The van der Waals surface area contributed by atoms with E-state index in [9.17, 15) is 4.79 Å². The van der Waals surface area contributed by atoms with Gasteiger partial charge in [-0.25, -0.2) is 0 Å². The van der Waals surface area contributed by atoms with Gasteiger partial charge in [-0.2, -0.15) is 0 Å². The van der Waals surface area contributed by atoms with Crippen molar-refractivity contribution in [3.8, 4) is 5.75 Å². The van der Waals surface area contributed by atoms with E-state index in [2.05, 4.69) is 22.3 Å². The van der Waals surface area contributed by atoms with Crippen molar-refractivity contribution in [3.63, 3.8) is 0 Å². The summed E-state index contributed by atoms with van der Waals surface area (Å²) in [6, 6.07) is 16.1. The fraction of sp³-hybridized carbons (Fsp3) is 0.381. The predicted molar refractivity (Wildman–Crippen MR) is 113 cm³/mol. The van der Waals surface area contributed by atoms with Crippen LogP contribution in [0.15, 0.2) is 53.4 Å². The molecule has 1 aliphatic rings. The van der Waals surface area contributed by atoms with Crippen LogP contribution in [0.2, 0.25) is 5.02 Å². The summed E-state index contributed by atoms with van der Waals surface area (Å²) in [4.78, 5) is 15.7. The molecule has 3 rings (SSSR count). The van der Waals surface area contributed by atoms with Gasteiger partial charge in [0, 0.05) is 46.9 Å². The number of thioether (sulfide) groups is 1. The SMILES string of the molecule is COc1ccc(N2CCC(NC(=O)CCSc3ccc(Cl)cc3)CC2)cc1. The number of piperidine rings is 1. The van der Waals surface area contributed by atoms with E-state index >= 15 is 0 Å². The number of hydrogen-bond donors (Lipinski definition) is 1. The molecule has 144 valence electrons. The zero-order valence-electron chi connectivity index (χ0n) is 15.5. The summed E-state index contributed by atoms with van der Waals surface area (Å²) in [7, 11) is 1.68. The molecule has 1 N–H and O–H groups in total. The zero-order chi connectivity index (χ0) is 19.1. The second-order valence-electron chi connectivity index (χ2n) is 6.58. The molecule has 1 amide bonds. The summed E-state index contributed by atoms with van der Waals surface area (Å²) in [5.41, 5.74) is 1.21. The van der Waals surface area contributed by atoms with Crippen LogP contribution in [0.25, 0.3) is 0 Å². The number of amides is 1. The number of hydrogen-bond acceptors (Lipinski definition) is 4. The van der Waals surface area contributed by atoms with Crippen molar-refractivity contribution in [2.75, 3.05) is 30.9 Å². The fourth-order valence-corrected chi connectivity index (χ4v) is 4.14. The van der Waals surface area contributed by atoms with Gasteiger partial charge in [0.05, 0.1) is 7.11 Å². The van der Waals surface area contributed by atoms with Crippen molar-refractivity contribution in [1.82, 2.24) is 5.32 Å². The molecule has 0 aromatic heterocycles. The quantitative estimate of drug-likeness (QED) is 0.684. The highest BCUT2D eigenvalue weighted by molar-refractivity contribution is 7.99. The standard InChI is InChI=1S/C21H25ClN2O2S/c1-26-19-6-4-18(5-7-19)24-13-10-17(11-14-24)23-21(25)12-15-27-20-8-2-16(22)3-9-20/h2-9,17H,10-15H2,1H3,(H,23,25). The summed E-state index contributed by atoms with van der Waals surface area (Å²) in [6.07, 6.45) is 2.48. The maximum atomic E-state index is 12.2. The number of ether oxygens (including phenoxy) is 1. The van der Waals surface area contributed by atoms with Crippen molar-refractivity contribution in [1.29, 1.82) is 0 Å². The van der Waals surface area contributed by atoms with Gasteiger partial charge in [0.1, 0.15) is 5.75 Å². The molecule has 0 aliphatic carbocycles. The Morgan fingerprint density at radius 3 is 2.44 bits per heavy atom. The summed E-state index contributed by atoms with van der Waals surface area (Å²) < 4.78 is 5.21. The van der Waals surface area contributed by atoms with E-state index in [4.69, 9.17) is 16.3 Å². The van der Waals surface area contributed by atoms with Crippen LogP contribution >= 0.6 is 23.4 Å². The lowest BCUT2D eigenvalue weighted by Crippen LogP contribution is -2.44. The lowest BCUT2D eigenvalue weighted by atomic mass is 10.0. The molecule has 1 fully saturated rings. The highest BCUT2D eigenvalue weighted by atomic mass is 35.5. The number of methoxy groups -OCH3 is 1. The van der Waals surface area contributed by atoms with Gasteiger partial charge in [-0.1, -0.05) is 11.6 Å². The van der Waals surface area contributed by atoms with Crippen LogP contribution in [-0.4, -0.2) is 37.9 Å². The second kappa shape index (κ2) is 9.90. The molecule has 4 nitrogen and oxygen atoms in total. The minimum atomic E-state index is 0.138. The Morgan fingerprint density at radius 1 is 1.15 bits per heavy atom. The van der Waals surface area contributed by atoms with Gasteiger partial charge in [-0.05, 0) is 61.4 Å². The average molecular weight is 405 g/mol. The van der Waals surface area contributed by atoms with E-state index in [0.717, 1.165) is 47.4 Å². The molecule has 1 aliphatic heterocycles. The first kappa shape index (κ1) is 19.9. The Morgan fingerprint density at radius 2 is 1.81 bits per heavy atom. The molecule has 0 unspecified atom stereocenters. The minimum absolute atomic E-state index is 0.138. The van der Waals surface area contributed by atoms with Gasteiger partial charge >= 0.3 is 0 Å². The zero-order valence-corrected chi connectivity index (χ0v) is 17.1. The number of benzene rings is 2. The number of rotatable bonds is 7. The summed E-state index contributed by atoms with van der Waals surface area (Å²) >= 11 is 7.57. The monoisotopic (exact) mass is 404 g/mol. The molecule has 1 heterocycles. The maximum absolute atomic E-state index is 12.2. The lowest BCUT2D eigenvalue weighted by Gasteiger charge is -2.34. The van der Waals surface area contributed by atoms with Gasteiger partial charge in [-0.3, -0.25) is 4.79 Å². The van der Waals surface area contributed by atoms with Gasteiger partial charge in [0.2, 0.25) is 5.91 Å². The van der Waals surface area contributed by atoms with Crippen LogP contribution < -0.4 is 15.0 Å². The Balaban J connectivity index is 1.36. The van der Waals surface area contributed by atoms with E-state index in [-0.39, 0.29) is 11.9 Å². The molecule has 0 bridgehead atoms. The first-order valence-corrected chi connectivity index (χ1v) is 10.6. The highest BCUT2D eigenvalue weighted by Crippen LogP contribution is 2.23. The maximum Gasteiger partial charge on any atom is 0.221 e. The van der Waals surface area contributed by atoms with Crippen LogP contribution in [0.5, 0.6) is 5.75 Å². The van der Waals surface area contributed by atoms with Crippen LogP contribution in [0, 0.1) is 0 Å². The number of nitrogens with zero attached hydrogens (tertiary/aromatic N) is 1. The third-order valence-corrected chi connectivity index (χ3v) is 5.97. The average Bonchev–Trinajstić information content (AvgIpc) is 2.70. The van der Waals surface area contributed by atoms with E-state index in [1.807, 2.05) is 36.4 Å². The molecule has 0 spiro atoms.